The summed E-state index contributed by atoms with van der Waals surface area (Å²) in [4.78, 5) is 20.8. The van der Waals surface area contributed by atoms with Gasteiger partial charge in [0.15, 0.2) is 0 Å². The van der Waals surface area contributed by atoms with E-state index in [4.69, 9.17) is 10.3 Å². The van der Waals surface area contributed by atoms with Gasteiger partial charge in [-0.05, 0) is 12.8 Å². The molecule has 0 aliphatic carbocycles. The molecule has 3 N–H and O–H groups in total. The summed E-state index contributed by atoms with van der Waals surface area (Å²) in [6.07, 6.45) is 7.32. The molecule has 0 heterocycles. The van der Waals surface area contributed by atoms with Crippen molar-refractivity contribution in [1.82, 2.24) is 5.48 Å². The van der Waals surface area contributed by atoms with Gasteiger partial charge in [0.05, 0.1) is 0 Å². The Hall–Kier alpha value is -1.10. The number of hydrogen-bond acceptors (Lipinski definition) is 3. The van der Waals surface area contributed by atoms with Crippen molar-refractivity contribution in [3.8, 4) is 0 Å². The van der Waals surface area contributed by atoms with Crippen LogP contribution in [0.2, 0.25) is 0 Å². The molecule has 94 valence electrons. The monoisotopic (exact) mass is 231 g/mol. The highest BCUT2D eigenvalue weighted by Crippen LogP contribution is 2.09. The van der Waals surface area contributed by atoms with Gasteiger partial charge in [-0.15, -0.1) is 0 Å². The van der Waals surface area contributed by atoms with Crippen LogP contribution in [0.5, 0.6) is 0 Å². The third-order valence-corrected chi connectivity index (χ3v) is 2.42. The van der Waals surface area contributed by atoms with Crippen molar-refractivity contribution in [2.24, 2.45) is 0 Å². The quantitative estimate of drug-likeness (QED) is 0.305. The van der Waals surface area contributed by atoms with Crippen LogP contribution in [-0.2, 0) is 9.59 Å². The zero-order valence-corrected chi connectivity index (χ0v) is 9.57. The molecule has 0 unspecified atom stereocenters. The molecule has 0 aliphatic heterocycles. The Morgan fingerprint density at radius 2 is 1.25 bits per heavy atom. The lowest BCUT2D eigenvalue weighted by Crippen LogP contribution is -2.17. The van der Waals surface area contributed by atoms with E-state index >= 15 is 0 Å². The fourth-order valence-electron chi connectivity index (χ4n) is 1.50. The molecule has 0 spiro atoms. The maximum Gasteiger partial charge on any atom is 0.303 e. The predicted octanol–water partition coefficient (Wildman–Crippen LogP) is 2.09. The summed E-state index contributed by atoms with van der Waals surface area (Å²) in [5.74, 6) is -1.06. The number of hydrogen-bond donors (Lipinski definition) is 3. The SMILES string of the molecule is O=C(O)CCCCCCCCCC(=O)NO. The molecule has 0 saturated heterocycles. The van der Waals surface area contributed by atoms with Gasteiger partial charge in [0, 0.05) is 12.8 Å². The second-order valence-electron chi connectivity index (χ2n) is 3.90. The fraction of sp³-hybridized carbons (Fsp3) is 0.818. The predicted molar refractivity (Wildman–Crippen MR) is 59.1 cm³/mol. The topological polar surface area (TPSA) is 86.6 Å². The summed E-state index contributed by atoms with van der Waals surface area (Å²) >= 11 is 0. The van der Waals surface area contributed by atoms with Gasteiger partial charge in [0.2, 0.25) is 5.91 Å². The Morgan fingerprint density at radius 3 is 1.69 bits per heavy atom. The van der Waals surface area contributed by atoms with Gasteiger partial charge >= 0.3 is 5.97 Å². The van der Waals surface area contributed by atoms with Gasteiger partial charge < -0.3 is 5.11 Å². The molecule has 0 rings (SSSR count). The molecule has 0 aromatic rings. The number of amides is 1. The summed E-state index contributed by atoms with van der Waals surface area (Å²) in [6, 6.07) is 0. The maximum atomic E-state index is 10.6. The zero-order chi connectivity index (χ0) is 12.2. The number of nitrogens with one attached hydrogen (secondary N) is 1. The Morgan fingerprint density at radius 1 is 0.812 bits per heavy atom. The minimum atomic E-state index is -0.727. The average molecular weight is 231 g/mol. The number of carbonyl (C=O) groups excluding carboxylic acids is 1. The molecular weight excluding hydrogens is 210 g/mol. The molecule has 5 heteroatoms. The Kier molecular flexibility index (Phi) is 9.70. The molecule has 1 amide bonds. The fourth-order valence-corrected chi connectivity index (χ4v) is 1.50. The number of carboxylic acid groups (broad SMARTS) is 1. The van der Waals surface area contributed by atoms with E-state index in [9.17, 15) is 9.59 Å². The van der Waals surface area contributed by atoms with Crippen LogP contribution >= 0.6 is 0 Å². The summed E-state index contributed by atoms with van der Waals surface area (Å²) < 4.78 is 0. The van der Waals surface area contributed by atoms with Crippen molar-refractivity contribution in [2.45, 2.75) is 57.8 Å². The van der Waals surface area contributed by atoms with Crippen molar-refractivity contribution < 1.29 is 19.9 Å². The summed E-state index contributed by atoms with van der Waals surface area (Å²) in [7, 11) is 0. The first-order valence-electron chi connectivity index (χ1n) is 5.81. The normalized spacial score (nSPS) is 10.1. The van der Waals surface area contributed by atoms with E-state index in [0.29, 0.717) is 6.42 Å². The number of rotatable bonds is 10. The molecule has 0 bridgehead atoms. The van der Waals surface area contributed by atoms with E-state index in [1.807, 2.05) is 0 Å². The average Bonchev–Trinajstić information content (AvgIpc) is 2.26. The minimum absolute atomic E-state index is 0.261. The van der Waals surface area contributed by atoms with Gasteiger partial charge in [0.1, 0.15) is 0 Å². The van der Waals surface area contributed by atoms with Gasteiger partial charge in [0.25, 0.3) is 0 Å². The summed E-state index contributed by atoms with van der Waals surface area (Å²) in [5, 5.41) is 16.6. The summed E-state index contributed by atoms with van der Waals surface area (Å²) in [5.41, 5.74) is 1.60. The lowest BCUT2D eigenvalue weighted by Gasteiger charge is -2.01. The van der Waals surface area contributed by atoms with Crippen molar-refractivity contribution in [3.63, 3.8) is 0 Å². The van der Waals surface area contributed by atoms with E-state index < -0.39 is 5.97 Å². The molecule has 0 atom stereocenters. The van der Waals surface area contributed by atoms with E-state index in [0.717, 1.165) is 44.9 Å². The van der Waals surface area contributed by atoms with Crippen molar-refractivity contribution in [2.75, 3.05) is 0 Å². The van der Waals surface area contributed by atoms with Gasteiger partial charge in [-0.25, -0.2) is 5.48 Å². The molecule has 0 saturated carbocycles. The molecule has 0 radical (unpaired) electrons. The van der Waals surface area contributed by atoms with Crippen LogP contribution in [0.1, 0.15) is 57.8 Å². The molecule has 0 aliphatic rings. The third kappa shape index (κ3) is 11.0. The highest BCUT2D eigenvalue weighted by molar-refractivity contribution is 5.74. The zero-order valence-electron chi connectivity index (χ0n) is 9.57. The van der Waals surface area contributed by atoms with Crippen LogP contribution < -0.4 is 5.48 Å². The first kappa shape index (κ1) is 14.9. The van der Waals surface area contributed by atoms with Crippen LogP contribution in [0.15, 0.2) is 0 Å². The van der Waals surface area contributed by atoms with Crippen molar-refractivity contribution in [1.29, 1.82) is 0 Å². The second-order valence-corrected chi connectivity index (χ2v) is 3.90. The van der Waals surface area contributed by atoms with Crippen LogP contribution in [0, 0.1) is 0 Å². The molecule has 0 aromatic carbocycles. The molecule has 0 aromatic heterocycles. The number of hydroxylamine groups is 1. The highest BCUT2D eigenvalue weighted by atomic mass is 16.5. The van der Waals surface area contributed by atoms with Gasteiger partial charge in [-0.3, -0.25) is 14.8 Å². The molecular formula is C11H21NO4. The van der Waals surface area contributed by atoms with Crippen molar-refractivity contribution >= 4 is 11.9 Å². The first-order valence-corrected chi connectivity index (χ1v) is 5.81. The van der Waals surface area contributed by atoms with Crippen molar-refractivity contribution in [3.05, 3.63) is 0 Å². The van der Waals surface area contributed by atoms with Crippen LogP contribution in [0.3, 0.4) is 0 Å². The first-order chi connectivity index (χ1) is 7.66. The molecule has 16 heavy (non-hydrogen) atoms. The van der Waals surface area contributed by atoms with E-state index in [1.54, 1.807) is 5.48 Å². The number of unbranched alkanes of at least 4 members (excludes halogenated alkanes) is 6. The molecule has 5 nitrogen and oxygen atoms in total. The van der Waals surface area contributed by atoms with Crippen LogP contribution in [-0.4, -0.2) is 22.2 Å². The van der Waals surface area contributed by atoms with E-state index in [-0.39, 0.29) is 12.3 Å². The molecule has 0 fully saturated rings. The lowest BCUT2D eigenvalue weighted by atomic mass is 10.1. The number of carbonyl (C=O) groups is 2. The largest absolute Gasteiger partial charge is 0.481 e. The van der Waals surface area contributed by atoms with Gasteiger partial charge in [-0.1, -0.05) is 32.1 Å². The Balaban J connectivity index is 3.04. The smallest absolute Gasteiger partial charge is 0.303 e. The van der Waals surface area contributed by atoms with Crippen LogP contribution in [0.25, 0.3) is 0 Å². The highest BCUT2D eigenvalue weighted by Gasteiger charge is 1.99. The Labute approximate surface area is 95.8 Å². The number of aliphatic carboxylic acids is 1. The Bertz CT molecular complexity index is 206. The summed E-state index contributed by atoms with van der Waals surface area (Å²) in [6.45, 7) is 0. The van der Waals surface area contributed by atoms with E-state index in [2.05, 4.69) is 0 Å². The van der Waals surface area contributed by atoms with Gasteiger partial charge in [-0.2, -0.15) is 0 Å². The van der Waals surface area contributed by atoms with Crippen LogP contribution in [0.4, 0.5) is 0 Å². The lowest BCUT2D eigenvalue weighted by molar-refractivity contribution is -0.137. The second kappa shape index (κ2) is 10.4. The minimum Gasteiger partial charge on any atom is -0.481 e. The third-order valence-electron chi connectivity index (χ3n) is 2.42. The maximum absolute atomic E-state index is 10.6. The number of carboxylic acids is 1. The standard InChI is InChI=1S/C11H21NO4/c13-10(12-16)8-6-4-2-1-3-5-7-9-11(14)15/h16H,1-9H2,(H,12,13)(H,14,15). The van der Waals surface area contributed by atoms with E-state index in [1.165, 1.54) is 0 Å².